The van der Waals surface area contributed by atoms with E-state index in [0.717, 1.165) is 5.70 Å². The van der Waals surface area contributed by atoms with Gasteiger partial charge in [0.25, 0.3) is 0 Å². The number of rotatable bonds is 4. The van der Waals surface area contributed by atoms with Crippen LogP contribution in [0.2, 0.25) is 0 Å². The van der Waals surface area contributed by atoms with E-state index in [2.05, 4.69) is 50.0 Å². The summed E-state index contributed by atoms with van der Waals surface area (Å²) in [6, 6.07) is 0.482. The first kappa shape index (κ1) is 11.6. The van der Waals surface area contributed by atoms with Crippen molar-refractivity contribution in [2.75, 3.05) is 0 Å². The molecule has 12 heavy (non-hydrogen) atoms. The Bertz CT molecular complexity index is 169. The lowest BCUT2D eigenvalue weighted by atomic mass is 10.3. The van der Waals surface area contributed by atoms with Crippen LogP contribution in [-0.4, -0.2) is 11.3 Å². The fourth-order valence-electron chi connectivity index (χ4n) is 0.804. The molecule has 0 fully saturated rings. The van der Waals surface area contributed by atoms with E-state index in [-0.39, 0.29) is 0 Å². The Morgan fingerprint density at radius 1 is 1.33 bits per heavy atom. The summed E-state index contributed by atoms with van der Waals surface area (Å²) < 4.78 is 0. The van der Waals surface area contributed by atoms with Crippen molar-refractivity contribution in [3.05, 3.63) is 23.9 Å². The average molecular weight is 185 g/mol. The van der Waals surface area contributed by atoms with Crippen molar-refractivity contribution in [3.8, 4) is 0 Å². The van der Waals surface area contributed by atoms with Gasteiger partial charge in [-0.05, 0) is 33.8 Å². The van der Waals surface area contributed by atoms with Crippen LogP contribution in [0.5, 0.6) is 0 Å². The molecule has 1 nitrogen and oxygen atoms in total. The number of nitrogens with one attached hydrogen (secondary N) is 1. The quantitative estimate of drug-likeness (QED) is 0.507. The van der Waals surface area contributed by atoms with Crippen molar-refractivity contribution in [2.24, 2.45) is 0 Å². The van der Waals surface area contributed by atoms with Crippen LogP contribution >= 0.6 is 12.6 Å². The van der Waals surface area contributed by atoms with E-state index in [1.165, 1.54) is 0 Å². The maximum absolute atomic E-state index is 4.26. The van der Waals surface area contributed by atoms with Crippen molar-refractivity contribution in [3.63, 3.8) is 0 Å². The third-order valence-corrected chi connectivity index (χ3v) is 1.49. The van der Waals surface area contributed by atoms with E-state index >= 15 is 0 Å². The molecule has 1 unspecified atom stereocenters. The van der Waals surface area contributed by atoms with Crippen molar-refractivity contribution < 1.29 is 0 Å². The highest BCUT2D eigenvalue weighted by Gasteiger charge is 1.93. The van der Waals surface area contributed by atoms with E-state index in [1.54, 1.807) is 0 Å². The van der Waals surface area contributed by atoms with Crippen molar-refractivity contribution in [1.82, 2.24) is 5.32 Å². The highest BCUT2D eigenvalue weighted by molar-refractivity contribution is 7.81. The second kappa shape index (κ2) is 6.18. The summed E-state index contributed by atoms with van der Waals surface area (Å²) in [6.45, 7) is 8.32. The van der Waals surface area contributed by atoms with Gasteiger partial charge in [0, 0.05) is 17.0 Å². The lowest BCUT2D eigenvalue weighted by Gasteiger charge is -2.10. The Hall–Kier alpha value is -0.370. The van der Waals surface area contributed by atoms with E-state index in [4.69, 9.17) is 0 Å². The lowest BCUT2D eigenvalue weighted by molar-refractivity contribution is 0.680. The highest BCUT2D eigenvalue weighted by atomic mass is 32.1. The summed E-state index contributed by atoms with van der Waals surface area (Å²) in [7, 11) is 0. The average Bonchev–Trinajstić information content (AvgIpc) is 1.97. The molecule has 0 aliphatic rings. The molecule has 0 spiro atoms. The van der Waals surface area contributed by atoms with Gasteiger partial charge < -0.3 is 5.32 Å². The zero-order chi connectivity index (χ0) is 9.56. The maximum atomic E-state index is 4.26. The molecule has 2 heteroatoms. The largest absolute Gasteiger partial charge is 0.383 e. The first-order valence-electron chi connectivity index (χ1n) is 4.35. The molecule has 0 saturated heterocycles. The van der Waals surface area contributed by atoms with Crippen LogP contribution in [0.15, 0.2) is 23.9 Å². The van der Waals surface area contributed by atoms with Crippen LogP contribution in [0.1, 0.15) is 27.7 Å². The molecule has 0 aromatic carbocycles. The van der Waals surface area contributed by atoms with Crippen molar-refractivity contribution in [1.29, 1.82) is 0 Å². The second-order valence-corrected chi connectivity index (χ2v) is 3.96. The smallest absolute Gasteiger partial charge is 0.0295 e. The van der Waals surface area contributed by atoms with Gasteiger partial charge in [-0.1, -0.05) is 12.2 Å². The molecule has 0 aromatic rings. The number of hydrogen-bond acceptors (Lipinski definition) is 2. The minimum absolute atomic E-state index is 0.314. The topological polar surface area (TPSA) is 12.0 Å². The third-order valence-electron chi connectivity index (χ3n) is 1.32. The zero-order valence-electron chi connectivity index (χ0n) is 8.33. The minimum atomic E-state index is 0.314. The molecule has 1 N–H and O–H groups in total. The van der Waals surface area contributed by atoms with Crippen LogP contribution in [-0.2, 0) is 0 Å². The van der Waals surface area contributed by atoms with E-state index < -0.39 is 0 Å². The number of thiol groups is 1. The summed E-state index contributed by atoms with van der Waals surface area (Å²) in [6.07, 6.45) is 6.19. The monoisotopic (exact) mass is 185 g/mol. The van der Waals surface area contributed by atoms with Gasteiger partial charge >= 0.3 is 0 Å². The van der Waals surface area contributed by atoms with Gasteiger partial charge in [0.2, 0.25) is 0 Å². The molecule has 0 heterocycles. The first-order valence-corrected chi connectivity index (χ1v) is 4.87. The fourth-order valence-corrected chi connectivity index (χ4v) is 0.890. The molecule has 0 aliphatic heterocycles. The Labute approximate surface area is 81.3 Å². The zero-order valence-corrected chi connectivity index (χ0v) is 9.23. The Morgan fingerprint density at radius 2 is 1.92 bits per heavy atom. The molecule has 1 atom stereocenters. The van der Waals surface area contributed by atoms with Crippen LogP contribution in [0.25, 0.3) is 0 Å². The first-order chi connectivity index (χ1) is 5.56. The summed E-state index contributed by atoms with van der Waals surface area (Å²) in [4.78, 5) is 0. The molecule has 0 amide bonds. The standard InChI is InChI=1S/C10H19NS/c1-5-10(11-8(2)3)7-6-9(4)12/h5-9,11-12H,1-4H3/b7-6-,10-5+. The molecular weight excluding hydrogens is 166 g/mol. The highest BCUT2D eigenvalue weighted by Crippen LogP contribution is 1.99. The molecule has 0 aliphatic carbocycles. The van der Waals surface area contributed by atoms with Gasteiger partial charge in [0.1, 0.15) is 0 Å². The van der Waals surface area contributed by atoms with Crippen molar-refractivity contribution in [2.45, 2.75) is 39.0 Å². The predicted molar refractivity (Wildman–Crippen MR) is 59.6 cm³/mol. The summed E-state index contributed by atoms with van der Waals surface area (Å²) in [5.74, 6) is 0. The summed E-state index contributed by atoms with van der Waals surface area (Å²) in [5.41, 5.74) is 1.16. The van der Waals surface area contributed by atoms with Crippen LogP contribution < -0.4 is 5.32 Å². The molecule has 0 rings (SSSR count). The van der Waals surface area contributed by atoms with Crippen LogP contribution in [0, 0.1) is 0 Å². The summed E-state index contributed by atoms with van der Waals surface area (Å²) in [5, 5.41) is 3.64. The Morgan fingerprint density at radius 3 is 2.25 bits per heavy atom. The van der Waals surface area contributed by atoms with Gasteiger partial charge in [0.15, 0.2) is 0 Å². The molecule has 0 aromatic heterocycles. The molecule has 0 bridgehead atoms. The lowest BCUT2D eigenvalue weighted by Crippen LogP contribution is -2.20. The van der Waals surface area contributed by atoms with Gasteiger partial charge in [-0.15, -0.1) is 0 Å². The van der Waals surface area contributed by atoms with Gasteiger partial charge in [-0.3, -0.25) is 0 Å². The summed E-state index contributed by atoms with van der Waals surface area (Å²) >= 11 is 4.26. The van der Waals surface area contributed by atoms with Crippen LogP contribution in [0.4, 0.5) is 0 Å². The van der Waals surface area contributed by atoms with Gasteiger partial charge in [-0.2, -0.15) is 12.6 Å². The van der Waals surface area contributed by atoms with Gasteiger partial charge in [0.05, 0.1) is 0 Å². The van der Waals surface area contributed by atoms with E-state index in [0.29, 0.717) is 11.3 Å². The normalized spacial score (nSPS) is 15.7. The molecule has 0 saturated carbocycles. The fraction of sp³-hybridized carbons (Fsp3) is 0.600. The van der Waals surface area contributed by atoms with Crippen molar-refractivity contribution >= 4 is 12.6 Å². The third kappa shape index (κ3) is 6.35. The van der Waals surface area contributed by atoms with E-state index in [9.17, 15) is 0 Å². The number of allylic oxidation sites excluding steroid dienone is 2. The Balaban J connectivity index is 4.02. The van der Waals surface area contributed by atoms with Crippen LogP contribution in [0.3, 0.4) is 0 Å². The molecule has 0 radical (unpaired) electrons. The second-order valence-electron chi connectivity index (χ2n) is 3.14. The van der Waals surface area contributed by atoms with Gasteiger partial charge in [-0.25, -0.2) is 0 Å². The molecular formula is C10H19NS. The Kier molecular flexibility index (Phi) is 5.99. The van der Waals surface area contributed by atoms with E-state index in [1.807, 2.05) is 13.8 Å². The predicted octanol–water partition coefficient (Wildman–Crippen LogP) is 2.76. The maximum Gasteiger partial charge on any atom is 0.0295 e. The SMILES string of the molecule is C/C=C(\C=C/C(C)S)NC(C)C. The minimum Gasteiger partial charge on any atom is -0.383 e. The number of hydrogen-bond donors (Lipinski definition) is 2. The molecule has 70 valence electrons.